The number of aliphatic carboxylic acids is 1. The number of carboxylic acids is 1. The fourth-order valence-corrected chi connectivity index (χ4v) is 2.45. The first-order valence-corrected chi connectivity index (χ1v) is 7.89. The lowest BCUT2D eigenvalue weighted by Crippen LogP contribution is -2.41. The number of nitrogens with zero attached hydrogens (tertiary/aromatic N) is 2. The van der Waals surface area contributed by atoms with Gasteiger partial charge >= 0.3 is 5.97 Å². The molecule has 2 aromatic rings. The lowest BCUT2D eigenvalue weighted by Gasteiger charge is -2.12. The summed E-state index contributed by atoms with van der Waals surface area (Å²) >= 11 is 1.54. The number of thioether (sulfide) groups is 1. The molecule has 6 nitrogen and oxygen atoms in total. The second-order valence-corrected chi connectivity index (χ2v) is 5.65. The summed E-state index contributed by atoms with van der Waals surface area (Å²) < 4.78 is 1.80. The van der Waals surface area contributed by atoms with E-state index in [9.17, 15) is 9.59 Å². The molecule has 2 heterocycles. The van der Waals surface area contributed by atoms with Gasteiger partial charge in [-0.15, -0.1) is 0 Å². The summed E-state index contributed by atoms with van der Waals surface area (Å²) in [7, 11) is 0. The third kappa shape index (κ3) is 3.55. The van der Waals surface area contributed by atoms with Gasteiger partial charge in [-0.25, -0.2) is 9.78 Å². The maximum atomic E-state index is 12.1. The molecule has 7 heteroatoms. The van der Waals surface area contributed by atoms with E-state index in [-0.39, 0.29) is 5.69 Å². The molecule has 2 aromatic heterocycles. The average Bonchev–Trinajstić information content (AvgIpc) is 2.88. The summed E-state index contributed by atoms with van der Waals surface area (Å²) in [4.78, 5) is 27.5. The van der Waals surface area contributed by atoms with Crippen LogP contribution in [0.3, 0.4) is 0 Å². The summed E-state index contributed by atoms with van der Waals surface area (Å²) in [6.07, 6.45) is 3.90. The Morgan fingerprint density at radius 2 is 2.24 bits per heavy atom. The Hall–Kier alpha value is -2.02. The summed E-state index contributed by atoms with van der Waals surface area (Å²) in [5.74, 6) is -0.828. The Balaban J connectivity index is 2.17. The molecule has 0 unspecified atom stereocenters. The molecule has 0 saturated heterocycles. The lowest BCUT2D eigenvalue weighted by atomic mass is 10.2. The Bertz CT molecular complexity index is 669. The molecule has 0 bridgehead atoms. The van der Waals surface area contributed by atoms with Crippen molar-refractivity contribution in [2.75, 3.05) is 12.0 Å². The number of fused-ring (bicyclic) bond motifs is 1. The normalized spacial score (nSPS) is 12.3. The number of hydrogen-bond acceptors (Lipinski definition) is 4. The van der Waals surface area contributed by atoms with Gasteiger partial charge in [0.1, 0.15) is 17.4 Å². The van der Waals surface area contributed by atoms with Crippen molar-refractivity contribution >= 4 is 29.3 Å². The monoisotopic (exact) mass is 307 g/mol. The van der Waals surface area contributed by atoms with Gasteiger partial charge < -0.3 is 14.8 Å². The van der Waals surface area contributed by atoms with Gasteiger partial charge in [-0.1, -0.05) is 6.07 Å². The molecule has 112 valence electrons. The van der Waals surface area contributed by atoms with Crippen molar-refractivity contribution in [1.29, 1.82) is 0 Å². The van der Waals surface area contributed by atoms with Crippen molar-refractivity contribution in [3.05, 3.63) is 35.8 Å². The van der Waals surface area contributed by atoms with E-state index in [4.69, 9.17) is 5.11 Å². The van der Waals surface area contributed by atoms with Crippen LogP contribution in [0.25, 0.3) is 5.65 Å². The van der Waals surface area contributed by atoms with Crippen molar-refractivity contribution in [3.63, 3.8) is 0 Å². The van der Waals surface area contributed by atoms with E-state index in [2.05, 4.69) is 10.3 Å². The molecular weight excluding hydrogens is 290 g/mol. The van der Waals surface area contributed by atoms with Gasteiger partial charge in [0.05, 0.1) is 0 Å². The topological polar surface area (TPSA) is 83.7 Å². The number of rotatable bonds is 6. The Labute approximate surface area is 126 Å². The van der Waals surface area contributed by atoms with Gasteiger partial charge in [0, 0.05) is 11.9 Å². The van der Waals surface area contributed by atoms with Crippen molar-refractivity contribution in [2.24, 2.45) is 0 Å². The molecular formula is C14H17N3O3S. The Kier molecular flexibility index (Phi) is 4.85. The predicted octanol–water partition coefficient (Wildman–Crippen LogP) is 1.58. The fraction of sp³-hybridized carbons (Fsp3) is 0.357. The lowest BCUT2D eigenvalue weighted by molar-refractivity contribution is -0.139. The molecule has 0 spiro atoms. The fourth-order valence-electron chi connectivity index (χ4n) is 1.98. The van der Waals surface area contributed by atoms with Crippen LogP contribution >= 0.6 is 11.8 Å². The quantitative estimate of drug-likeness (QED) is 0.846. The van der Waals surface area contributed by atoms with Crippen LogP contribution < -0.4 is 5.32 Å². The van der Waals surface area contributed by atoms with Crippen molar-refractivity contribution in [1.82, 2.24) is 14.7 Å². The molecule has 0 aromatic carbocycles. The minimum Gasteiger partial charge on any atom is -0.480 e. The highest BCUT2D eigenvalue weighted by Gasteiger charge is 2.21. The van der Waals surface area contributed by atoms with E-state index in [1.54, 1.807) is 28.4 Å². The summed E-state index contributed by atoms with van der Waals surface area (Å²) in [6, 6.07) is 4.68. The van der Waals surface area contributed by atoms with Crippen LogP contribution in [-0.4, -0.2) is 44.4 Å². The molecule has 1 amide bonds. The van der Waals surface area contributed by atoms with E-state index in [0.717, 1.165) is 5.69 Å². The standard InChI is InChI=1S/C14H17N3O3S/c1-9-4-3-5-12-15-11(8-17(9)12)13(18)16-10(14(19)20)6-7-21-2/h3-5,8,10H,6-7H2,1-2H3,(H,16,18)(H,19,20)/t10-/m0/s1. The zero-order valence-corrected chi connectivity index (χ0v) is 12.7. The third-order valence-electron chi connectivity index (χ3n) is 3.14. The first-order valence-electron chi connectivity index (χ1n) is 6.50. The highest BCUT2D eigenvalue weighted by atomic mass is 32.2. The van der Waals surface area contributed by atoms with Gasteiger partial charge in [-0.2, -0.15) is 11.8 Å². The molecule has 0 aliphatic rings. The Morgan fingerprint density at radius 3 is 2.86 bits per heavy atom. The number of hydrogen-bond donors (Lipinski definition) is 2. The van der Waals surface area contributed by atoms with Crippen molar-refractivity contribution in [3.8, 4) is 0 Å². The first kappa shape index (κ1) is 15.4. The van der Waals surface area contributed by atoms with Gasteiger partial charge in [-0.3, -0.25) is 4.79 Å². The van der Waals surface area contributed by atoms with Crippen LogP contribution in [0.5, 0.6) is 0 Å². The van der Waals surface area contributed by atoms with E-state index >= 15 is 0 Å². The smallest absolute Gasteiger partial charge is 0.326 e. The molecule has 0 aliphatic heterocycles. The van der Waals surface area contributed by atoms with Crippen LogP contribution in [0, 0.1) is 6.92 Å². The van der Waals surface area contributed by atoms with Crippen LogP contribution in [0.2, 0.25) is 0 Å². The molecule has 0 fully saturated rings. The van der Waals surface area contributed by atoms with Crippen molar-refractivity contribution in [2.45, 2.75) is 19.4 Å². The Morgan fingerprint density at radius 1 is 1.48 bits per heavy atom. The zero-order valence-electron chi connectivity index (χ0n) is 11.9. The first-order chi connectivity index (χ1) is 10.0. The number of carbonyl (C=O) groups is 2. The molecule has 21 heavy (non-hydrogen) atoms. The van der Waals surface area contributed by atoms with Crippen LogP contribution in [0.1, 0.15) is 22.6 Å². The average molecular weight is 307 g/mol. The number of nitrogens with one attached hydrogen (secondary N) is 1. The number of pyridine rings is 1. The van der Waals surface area contributed by atoms with Crippen LogP contribution in [-0.2, 0) is 4.79 Å². The maximum absolute atomic E-state index is 12.1. The molecule has 2 rings (SSSR count). The van der Waals surface area contributed by atoms with E-state index < -0.39 is 17.9 Å². The third-order valence-corrected chi connectivity index (χ3v) is 3.79. The molecule has 1 atom stereocenters. The minimum atomic E-state index is -1.03. The second-order valence-electron chi connectivity index (χ2n) is 4.67. The molecule has 0 aliphatic carbocycles. The van der Waals surface area contributed by atoms with E-state index in [0.29, 0.717) is 17.8 Å². The van der Waals surface area contributed by atoms with E-state index in [1.165, 1.54) is 0 Å². The minimum absolute atomic E-state index is 0.222. The SMILES string of the molecule is CSCC[C@H](NC(=O)c1cn2c(C)cccc2n1)C(=O)O. The number of aryl methyl sites for hydroxylation is 1. The number of carboxylic acid groups (broad SMARTS) is 1. The van der Waals surface area contributed by atoms with Gasteiger partial charge in [0.25, 0.3) is 5.91 Å². The largest absolute Gasteiger partial charge is 0.480 e. The second kappa shape index (κ2) is 6.62. The maximum Gasteiger partial charge on any atom is 0.326 e. The highest BCUT2D eigenvalue weighted by molar-refractivity contribution is 7.98. The number of amides is 1. The summed E-state index contributed by atoms with van der Waals surface area (Å²) in [5, 5.41) is 11.7. The number of carbonyl (C=O) groups excluding carboxylic acids is 1. The van der Waals surface area contributed by atoms with Crippen LogP contribution in [0.15, 0.2) is 24.4 Å². The number of imidazole rings is 1. The number of aromatic nitrogens is 2. The summed E-state index contributed by atoms with van der Waals surface area (Å²) in [6.45, 7) is 1.91. The van der Waals surface area contributed by atoms with E-state index in [1.807, 2.05) is 25.3 Å². The molecule has 0 radical (unpaired) electrons. The van der Waals surface area contributed by atoms with Crippen LogP contribution in [0.4, 0.5) is 0 Å². The molecule has 2 N–H and O–H groups in total. The summed E-state index contributed by atoms with van der Waals surface area (Å²) in [5.41, 5.74) is 1.84. The van der Waals surface area contributed by atoms with Crippen molar-refractivity contribution < 1.29 is 14.7 Å². The van der Waals surface area contributed by atoms with Gasteiger partial charge in [-0.05, 0) is 37.5 Å². The predicted molar refractivity (Wildman–Crippen MR) is 81.8 cm³/mol. The molecule has 0 saturated carbocycles. The highest BCUT2D eigenvalue weighted by Crippen LogP contribution is 2.09. The van der Waals surface area contributed by atoms with Gasteiger partial charge in [0.2, 0.25) is 0 Å². The zero-order chi connectivity index (χ0) is 15.4. The van der Waals surface area contributed by atoms with Gasteiger partial charge in [0.15, 0.2) is 0 Å².